The number of nitrogens with one attached hydrogen (secondary N) is 1. The molecule has 3 rings (SSSR count). The highest BCUT2D eigenvalue weighted by Gasteiger charge is 2.02. The molecule has 19 heavy (non-hydrogen) atoms. The number of thiazole rings is 1. The lowest BCUT2D eigenvalue weighted by molar-refractivity contribution is 0.414. The zero-order chi connectivity index (χ0) is 13.1. The predicted molar refractivity (Wildman–Crippen MR) is 76.6 cm³/mol. The third-order valence-corrected chi connectivity index (χ3v) is 3.71. The van der Waals surface area contributed by atoms with Crippen molar-refractivity contribution >= 4 is 16.3 Å². The van der Waals surface area contributed by atoms with E-state index in [1.807, 2.05) is 23.7 Å². The average Bonchev–Trinajstić information content (AvgIpc) is 3.00. The molecule has 0 bridgehead atoms. The van der Waals surface area contributed by atoms with Crippen LogP contribution in [0.3, 0.4) is 0 Å². The van der Waals surface area contributed by atoms with Gasteiger partial charge in [-0.15, -0.1) is 11.3 Å². The van der Waals surface area contributed by atoms with Gasteiger partial charge >= 0.3 is 0 Å². The van der Waals surface area contributed by atoms with E-state index in [9.17, 15) is 0 Å². The van der Waals surface area contributed by atoms with Crippen LogP contribution in [0.5, 0.6) is 5.75 Å². The maximum Gasteiger partial charge on any atom is 0.193 e. The van der Waals surface area contributed by atoms with E-state index in [1.165, 1.54) is 5.56 Å². The van der Waals surface area contributed by atoms with Gasteiger partial charge in [0, 0.05) is 30.9 Å². The molecule has 0 fully saturated rings. The first-order chi connectivity index (χ1) is 9.35. The van der Waals surface area contributed by atoms with Gasteiger partial charge in [0.15, 0.2) is 4.96 Å². The number of nitrogens with zero attached hydrogens (tertiary/aromatic N) is 2. The molecular weight excluding hydrogens is 258 g/mol. The van der Waals surface area contributed by atoms with Crippen LogP contribution < -0.4 is 10.1 Å². The Balaban J connectivity index is 1.56. The number of methoxy groups -OCH3 is 1. The van der Waals surface area contributed by atoms with Crippen molar-refractivity contribution in [3.05, 3.63) is 53.3 Å². The van der Waals surface area contributed by atoms with Crippen LogP contribution in [0, 0.1) is 0 Å². The summed E-state index contributed by atoms with van der Waals surface area (Å²) in [6.07, 6.45) is 4.09. The van der Waals surface area contributed by atoms with Gasteiger partial charge in [0.1, 0.15) is 5.75 Å². The van der Waals surface area contributed by atoms with Crippen molar-refractivity contribution in [1.82, 2.24) is 14.7 Å². The zero-order valence-corrected chi connectivity index (χ0v) is 11.5. The molecule has 1 N–H and O–H groups in total. The number of fused-ring (bicyclic) bond motifs is 1. The van der Waals surface area contributed by atoms with Crippen LogP contribution in [0.1, 0.15) is 11.3 Å². The second kappa shape index (κ2) is 5.42. The molecule has 0 atom stereocenters. The topological polar surface area (TPSA) is 38.6 Å². The van der Waals surface area contributed by atoms with Gasteiger partial charge in [-0.1, -0.05) is 12.1 Å². The van der Waals surface area contributed by atoms with Gasteiger partial charge in [-0.3, -0.25) is 4.40 Å². The maximum absolute atomic E-state index is 5.14. The molecule has 0 aliphatic carbocycles. The number of aromatic nitrogens is 2. The predicted octanol–water partition coefficient (Wildman–Crippen LogP) is 2.69. The largest absolute Gasteiger partial charge is 0.497 e. The minimum Gasteiger partial charge on any atom is -0.497 e. The van der Waals surface area contributed by atoms with Gasteiger partial charge in [0.25, 0.3) is 0 Å². The summed E-state index contributed by atoms with van der Waals surface area (Å²) >= 11 is 1.65. The molecule has 0 spiro atoms. The number of benzene rings is 1. The van der Waals surface area contributed by atoms with Crippen LogP contribution in [0.15, 0.2) is 42.0 Å². The fourth-order valence-electron chi connectivity index (χ4n) is 1.94. The van der Waals surface area contributed by atoms with Crippen molar-refractivity contribution in [1.29, 1.82) is 0 Å². The van der Waals surface area contributed by atoms with E-state index in [2.05, 4.69) is 33.0 Å². The van der Waals surface area contributed by atoms with E-state index in [0.29, 0.717) is 0 Å². The zero-order valence-electron chi connectivity index (χ0n) is 10.7. The molecule has 4 nitrogen and oxygen atoms in total. The Labute approximate surface area is 115 Å². The van der Waals surface area contributed by atoms with Gasteiger partial charge in [-0.25, -0.2) is 4.98 Å². The first-order valence-electron chi connectivity index (χ1n) is 6.10. The SMILES string of the molecule is COc1ccc(CNCc2cn3ccsc3n2)cc1. The molecule has 0 saturated carbocycles. The molecule has 5 heteroatoms. The van der Waals surface area contributed by atoms with Crippen molar-refractivity contribution in [3.8, 4) is 5.75 Å². The minimum absolute atomic E-state index is 0.778. The van der Waals surface area contributed by atoms with Gasteiger partial charge in [-0.2, -0.15) is 0 Å². The Morgan fingerprint density at radius 3 is 2.84 bits per heavy atom. The van der Waals surface area contributed by atoms with E-state index in [1.54, 1.807) is 18.4 Å². The van der Waals surface area contributed by atoms with Crippen LogP contribution in [0.25, 0.3) is 4.96 Å². The second-order valence-corrected chi connectivity index (χ2v) is 5.15. The first kappa shape index (κ1) is 12.2. The van der Waals surface area contributed by atoms with Crippen LogP contribution >= 0.6 is 11.3 Å². The molecule has 0 amide bonds. The van der Waals surface area contributed by atoms with Crippen molar-refractivity contribution in [2.24, 2.45) is 0 Å². The number of ether oxygens (including phenoxy) is 1. The molecular formula is C14H15N3OS. The third kappa shape index (κ3) is 2.77. The molecule has 2 heterocycles. The fourth-order valence-corrected chi connectivity index (χ4v) is 2.66. The summed E-state index contributed by atoms with van der Waals surface area (Å²) in [5.41, 5.74) is 2.31. The van der Waals surface area contributed by atoms with E-state index >= 15 is 0 Å². The normalized spacial score (nSPS) is 11.0. The lowest BCUT2D eigenvalue weighted by atomic mass is 10.2. The lowest BCUT2D eigenvalue weighted by Gasteiger charge is -2.04. The first-order valence-corrected chi connectivity index (χ1v) is 6.98. The molecule has 98 valence electrons. The smallest absolute Gasteiger partial charge is 0.193 e. The van der Waals surface area contributed by atoms with Gasteiger partial charge in [-0.05, 0) is 17.7 Å². The van der Waals surface area contributed by atoms with Crippen LogP contribution in [0.4, 0.5) is 0 Å². The summed E-state index contributed by atoms with van der Waals surface area (Å²) in [5.74, 6) is 0.887. The van der Waals surface area contributed by atoms with Gasteiger partial charge < -0.3 is 10.1 Å². The van der Waals surface area contributed by atoms with Crippen molar-refractivity contribution in [3.63, 3.8) is 0 Å². The Hall–Kier alpha value is -1.85. The van der Waals surface area contributed by atoms with Gasteiger partial charge in [0.05, 0.1) is 12.8 Å². The Morgan fingerprint density at radius 1 is 1.26 bits per heavy atom. The highest BCUT2D eigenvalue weighted by atomic mass is 32.1. The van der Waals surface area contributed by atoms with Crippen molar-refractivity contribution in [2.45, 2.75) is 13.1 Å². The third-order valence-electron chi connectivity index (χ3n) is 2.94. The molecule has 0 aliphatic heterocycles. The number of hydrogen-bond donors (Lipinski definition) is 1. The molecule has 2 aromatic heterocycles. The Morgan fingerprint density at radius 2 is 2.11 bits per heavy atom. The minimum atomic E-state index is 0.778. The van der Waals surface area contributed by atoms with Crippen LogP contribution in [-0.2, 0) is 13.1 Å². The van der Waals surface area contributed by atoms with E-state index in [0.717, 1.165) is 29.5 Å². The van der Waals surface area contributed by atoms with Gasteiger partial charge in [0.2, 0.25) is 0 Å². The molecule has 0 unspecified atom stereocenters. The van der Waals surface area contributed by atoms with E-state index < -0.39 is 0 Å². The van der Waals surface area contributed by atoms with Crippen molar-refractivity contribution < 1.29 is 4.74 Å². The summed E-state index contributed by atoms with van der Waals surface area (Å²) in [7, 11) is 1.68. The Bertz CT molecular complexity index is 628. The molecule has 0 radical (unpaired) electrons. The number of rotatable bonds is 5. The van der Waals surface area contributed by atoms with E-state index in [4.69, 9.17) is 4.74 Å². The standard InChI is InChI=1S/C14H15N3OS/c1-18-13-4-2-11(3-5-13)8-15-9-12-10-17-6-7-19-14(17)16-12/h2-7,10,15H,8-9H2,1H3. The average molecular weight is 273 g/mol. The summed E-state index contributed by atoms with van der Waals surface area (Å²) < 4.78 is 7.19. The summed E-state index contributed by atoms with van der Waals surface area (Å²) in [6.45, 7) is 1.61. The summed E-state index contributed by atoms with van der Waals surface area (Å²) in [5, 5.41) is 5.43. The highest BCUT2D eigenvalue weighted by molar-refractivity contribution is 7.15. The maximum atomic E-state index is 5.14. The molecule has 3 aromatic rings. The van der Waals surface area contributed by atoms with Crippen LogP contribution in [-0.4, -0.2) is 16.5 Å². The Kier molecular flexibility index (Phi) is 3.48. The lowest BCUT2D eigenvalue weighted by Crippen LogP contribution is -2.12. The van der Waals surface area contributed by atoms with E-state index in [-0.39, 0.29) is 0 Å². The summed E-state index contributed by atoms with van der Waals surface area (Å²) in [4.78, 5) is 5.57. The monoisotopic (exact) mass is 273 g/mol. The molecule has 0 saturated heterocycles. The number of hydrogen-bond acceptors (Lipinski definition) is 4. The van der Waals surface area contributed by atoms with Crippen molar-refractivity contribution in [2.75, 3.05) is 7.11 Å². The fraction of sp³-hybridized carbons (Fsp3) is 0.214. The quantitative estimate of drug-likeness (QED) is 0.777. The van der Waals surface area contributed by atoms with Crippen LogP contribution in [0.2, 0.25) is 0 Å². The molecule has 1 aromatic carbocycles. The molecule has 0 aliphatic rings. The highest BCUT2D eigenvalue weighted by Crippen LogP contribution is 2.12. The second-order valence-electron chi connectivity index (χ2n) is 4.28. The number of imidazole rings is 1. The summed E-state index contributed by atoms with van der Waals surface area (Å²) in [6, 6.07) is 8.09.